The first-order valence-electron chi connectivity index (χ1n) is 9.49. The zero-order chi connectivity index (χ0) is 19.3. The molecule has 0 unspecified atom stereocenters. The summed E-state index contributed by atoms with van der Waals surface area (Å²) in [6, 6.07) is 16.9. The minimum Gasteiger partial charge on any atom is -0.295 e. The summed E-state index contributed by atoms with van der Waals surface area (Å²) in [6.45, 7) is 0.335. The Morgan fingerprint density at radius 1 is 1.04 bits per heavy atom. The van der Waals surface area contributed by atoms with Crippen molar-refractivity contribution in [1.82, 2.24) is 9.62 Å². The van der Waals surface area contributed by atoms with Crippen molar-refractivity contribution in [2.45, 2.75) is 49.1 Å². The highest BCUT2D eigenvalue weighted by molar-refractivity contribution is 7.89. The van der Waals surface area contributed by atoms with Gasteiger partial charge in [0.25, 0.3) is 0 Å². The molecule has 2 aromatic carbocycles. The molecule has 1 aliphatic carbocycles. The second-order valence-electron chi connectivity index (χ2n) is 7.19. The Balaban J connectivity index is 1.78. The highest BCUT2D eigenvalue weighted by atomic mass is 35.5. The Morgan fingerprint density at radius 2 is 1.67 bits per heavy atom. The predicted octanol–water partition coefficient (Wildman–Crippen LogP) is 4.62. The Bertz CT molecular complexity index is 819. The lowest BCUT2D eigenvalue weighted by atomic mass is 9.92. The molecule has 4 nitrogen and oxygen atoms in total. The van der Waals surface area contributed by atoms with E-state index in [4.69, 9.17) is 11.6 Å². The fourth-order valence-electron chi connectivity index (χ4n) is 3.80. The van der Waals surface area contributed by atoms with E-state index >= 15 is 0 Å². The van der Waals surface area contributed by atoms with Crippen molar-refractivity contribution < 1.29 is 8.42 Å². The third-order valence-corrected chi connectivity index (χ3v) is 7.11. The molecule has 27 heavy (non-hydrogen) atoms. The largest absolute Gasteiger partial charge is 0.295 e. The first kappa shape index (κ1) is 20.3. The number of hydrogen-bond donors (Lipinski definition) is 1. The first-order chi connectivity index (χ1) is 13.0. The fourth-order valence-corrected chi connectivity index (χ4v) is 4.97. The molecule has 0 saturated heterocycles. The molecule has 0 radical (unpaired) electrons. The molecule has 0 spiro atoms. The van der Waals surface area contributed by atoms with Crippen LogP contribution in [0.25, 0.3) is 0 Å². The van der Waals surface area contributed by atoms with E-state index in [0.29, 0.717) is 17.6 Å². The fraction of sp³-hybridized carbons (Fsp3) is 0.429. The standard InChI is InChI=1S/C21H27ClN2O2S/c1-24(19-10-6-3-7-11-19)21(17-8-4-2-5-9-17)16-23-27(25,26)20-14-12-18(22)13-15-20/h2,4-5,8-9,12-15,19,21,23H,3,6-7,10-11,16H2,1H3/t21-/m1/s1. The minimum atomic E-state index is -3.58. The molecule has 3 rings (SSSR count). The number of hydrogen-bond acceptors (Lipinski definition) is 3. The predicted molar refractivity (Wildman–Crippen MR) is 110 cm³/mol. The molecule has 0 amide bonds. The number of sulfonamides is 1. The van der Waals surface area contributed by atoms with E-state index in [-0.39, 0.29) is 10.9 Å². The lowest BCUT2D eigenvalue weighted by molar-refractivity contribution is 0.138. The molecule has 1 fully saturated rings. The van der Waals surface area contributed by atoms with Crippen molar-refractivity contribution in [1.29, 1.82) is 0 Å². The van der Waals surface area contributed by atoms with Gasteiger partial charge in [-0.15, -0.1) is 0 Å². The number of nitrogens with one attached hydrogen (secondary N) is 1. The van der Waals surface area contributed by atoms with Crippen molar-refractivity contribution in [3.63, 3.8) is 0 Å². The molecule has 0 bridgehead atoms. The van der Waals surface area contributed by atoms with E-state index in [2.05, 4.69) is 28.8 Å². The van der Waals surface area contributed by atoms with E-state index in [0.717, 1.165) is 5.56 Å². The minimum absolute atomic E-state index is 0.00336. The molecule has 0 aromatic heterocycles. The van der Waals surface area contributed by atoms with Crippen LogP contribution in [-0.4, -0.2) is 33.0 Å². The lowest BCUT2D eigenvalue weighted by Crippen LogP contribution is -2.42. The van der Waals surface area contributed by atoms with E-state index in [9.17, 15) is 8.42 Å². The summed E-state index contributed by atoms with van der Waals surface area (Å²) in [7, 11) is -1.46. The summed E-state index contributed by atoms with van der Waals surface area (Å²) in [6.07, 6.45) is 6.12. The van der Waals surface area contributed by atoms with Crippen LogP contribution in [0.2, 0.25) is 5.02 Å². The van der Waals surface area contributed by atoms with Crippen molar-refractivity contribution in [2.75, 3.05) is 13.6 Å². The number of benzene rings is 2. The highest BCUT2D eigenvalue weighted by Crippen LogP contribution is 2.29. The molecule has 2 aromatic rings. The Morgan fingerprint density at radius 3 is 2.30 bits per heavy atom. The van der Waals surface area contributed by atoms with Gasteiger partial charge in [-0.05, 0) is 49.7 Å². The van der Waals surface area contributed by atoms with Crippen molar-refractivity contribution >= 4 is 21.6 Å². The number of likely N-dealkylation sites (N-methyl/N-ethyl adjacent to an activating group) is 1. The molecule has 0 aliphatic heterocycles. The Kier molecular flexibility index (Phi) is 6.93. The summed E-state index contributed by atoms with van der Waals surface area (Å²) in [5, 5.41) is 0.521. The first-order valence-corrected chi connectivity index (χ1v) is 11.4. The Labute approximate surface area is 167 Å². The van der Waals surface area contributed by atoms with Crippen LogP contribution >= 0.6 is 11.6 Å². The zero-order valence-corrected chi connectivity index (χ0v) is 17.2. The van der Waals surface area contributed by atoms with Gasteiger partial charge in [-0.2, -0.15) is 0 Å². The summed E-state index contributed by atoms with van der Waals surface area (Å²) < 4.78 is 28.2. The van der Waals surface area contributed by atoms with Crippen molar-refractivity contribution in [2.24, 2.45) is 0 Å². The molecule has 1 saturated carbocycles. The summed E-state index contributed by atoms with van der Waals surface area (Å²) >= 11 is 5.87. The van der Waals surface area contributed by atoms with Crippen LogP contribution in [-0.2, 0) is 10.0 Å². The van der Waals surface area contributed by atoms with Gasteiger partial charge in [0.2, 0.25) is 10.0 Å². The second kappa shape index (κ2) is 9.20. The average Bonchev–Trinajstić information content (AvgIpc) is 2.70. The van der Waals surface area contributed by atoms with Gasteiger partial charge in [-0.25, -0.2) is 13.1 Å². The Hall–Kier alpha value is -1.40. The van der Waals surface area contributed by atoms with Crippen LogP contribution in [0.5, 0.6) is 0 Å². The van der Waals surface area contributed by atoms with Gasteiger partial charge in [-0.3, -0.25) is 4.90 Å². The van der Waals surface area contributed by atoms with Gasteiger partial charge in [0.1, 0.15) is 0 Å². The molecule has 1 atom stereocenters. The van der Waals surface area contributed by atoms with Gasteiger partial charge in [0.05, 0.1) is 4.90 Å². The van der Waals surface area contributed by atoms with Crippen LogP contribution in [0, 0.1) is 0 Å². The molecule has 146 valence electrons. The second-order valence-corrected chi connectivity index (χ2v) is 9.39. The van der Waals surface area contributed by atoms with E-state index < -0.39 is 10.0 Å². The maximum Gasteiger partial charge on any atom is 0.240 e. The van der Waals surface area contributed by atoms with Gasteiger partial charge in [-0.1, -0.05) is 61.2 Å². The van der Waals surface area contributed by atoms with Crippen molar-refractivity contribution in [3.8, 4) is 0 Å². The highest BCUT2D eigenvalue weighted by Gasteiger charge is 2.27. The molecule has 1 aliphatic rings. The van der Waals surface area contributed by atoms with Crippen LogP contribution < -0.4 is 4.72 Å². The molecular weight excluding hydrogens is 380 g/mol. The van der Waals surface area contributed by atoms with Crippen LogP contribution in [0.3, 0.4) is 0 Å². The maximum atomic E-state index is 12.7. The summed E-state index contributed by atoms with van der Waals surface area (Å²) in [4.78, 5) is 2.58. The quantitative estimate of drug-likeness (QED) is 0.729. The molecule has 1 N–H and O–H groups in total. The van der Waals surface area contributed by atoms with Crippen LogP contribution in [0.15, 0.2) is 59.5 Å². The van der Waals surface area contributed by atoms with Gasteiger partial charge in [0, 0.05) is 23.7 Å². The van der Waals surface area contributed by atoms with E-state index in [1.165, 1.54) is 44.2 Å². The smallest absolute Gasteiger partial charge is 0.240 e. The monoisotopic (exact) mass is 406 g/mol. The van der Waals surface area contributed by atoms with Gasteiger partial charge < -0.3 is 0 Å². The van der Waals surface area contributed by atoms with E-state index in [1.807, 2.05) is 18.2 Å². The molecule has 6 heteroatoms. The summed E-state index contributed by atoms with van der Waals surface area (Å²) in [5.74, 6) is 0. The van der Waals surface area contributed by atoms with Gasteiger partial charge >= 0.3 is 0 Å². The molecule has 0 heterocycles. The number of halogens is 1. The van der Waals surface area contributed by atoms with E-state index in [1.54, 1.807) is 12.1 Å². The zero-order valence-electron chi connectivity index (χ0n) is 15.6. The summed E-state index contributed by atoms with van der Waals surface area (Å²) in [5.41, 5.74) is 1.13. The van der Waals surface area contributed by atoms with Crippen molar-refractivity contribution in [3.05, 3.63) is 65.2 Å². The number of rotatable bonds is 7. The third-order valence-electron chi connectivity index (χ3n) is 5.42. The third kappa shape index (κ3) is 5.32. The average molecular weight is 407 g/mol. The number of nitrogens with zero attached hydrogens (tertiary/aromatic N) is 1. The molecular formula is C21H27ClN2O2S. The van der Waals surface area contributed by atoms with Crippen LogP contribution in [0.4, 0.5) is 0 Å². The van der Waals surface area contributed by atoms with Gasteiger partial charge in [0.15, 0.2) is 0 Å². The topological polar surface area (TPSA) is 49.4 Å². The van der Waals surface area contributed by atoms with Crippen LogP contribution in [0.1, 0.15) is 43.7 Å². The SMILES string of the molecule is CN(C1CCCCC1)[C@H](CNS(=O)(=O)c1ccc(Cl)cc1)c1ccccc1. The lowest BCUT2D eigenvalue weighted by Gasteiger charge is -2.37. The maximum absolute atomic E-state index is 12.7. The normalized spacial score (nSPS) is 17.1.